The first-order chi connectivity index (χ1) is 9.22. The van der Waals surface area contributed by atoms with Crippen molar-refractivity contribution in [3.63, 3.8) is 0 Å². The number of unbranched alkanes of at least 4 members (excludes halogenated alkanes) is 2. The number of aliphatic hydroxyl groups excluding tert-OH is 1. The molecule has 0 spiro atoms. The molecule has 2 N–H and O–H groups in total. The molecular formula is C15H21ClIN2O-. The molecule has 2 rings (SSSR count). The van der Waals surface area contributed by atoms with Crippen molar-refractivity contribution in [2.24, 2.45) is 0 Å². The summed E-state index contributed by atoms with van der Waals surface area (Å²) in [5, 5.41) is 13.0. The van der Waals surface area contributed by atoms with Gasteiger partial charge in [0.15, 0.2) is 0 Å². The molecule has 0 aromatic heterocycles. The summed E-state index contributed by atoms with van der Waals surface area (Å²) in [7, 11) is 2.07. The third-order valence-electron chi connectivity index (χ3n) is 3.38. The number of likely N-dealkylation sites (N-methyl/N-ethyl adjacent to an activating group) is 1. The second-order valence-electron chi connectivity index (χ2n) is 4.87. The van der Waals surface area contributed by atoms with Gasteiger partial charge in [-0.3, -0.25) is 0 Å². The molecule has 1 aliphatic rings. The van der Waals surface area contributed by atoms with Gasteiger partial charge >= 0.3 is 0 Å². The topological polar surface area (TPSA) is 35.5 Å². The van der Waals surface area contributed by atoms with Gasteiger partial charge < -0.3 is 39.3 Å². The highest BCUT2D eigenvalue weighted by Crippen LogP contribution is 2.31. The van der Waals surface area contributed by atoms with Gasteiger partial charge in [-0.15, -0.1) is 0 Å². The molecule has 0 atom stereocenters. The molecule has 1 aromatic rings. The zero-order valence-corrected chi connectivity index (χ0v) is 14.6. The van der Waals surface area contributed by atoms with E-state index in [4.69, 9.17) is 16.7 Å². The van der Waals surface area contributed by atoms with Gasteiger partial charge in [0.2, 0.25) is 0 Å². The Hall–Kier alpha value is -0.460. The molecular weight excluding hydrogens is 387 g/mol. The van der Waals surface area contributed by atoms with Crippen molar-refractivity contribution in [3.8, 4) is 0 Å². The molecule has 1 heterocycles. The number of hydrogen-bond acceptors (Lipinski definition) is 3. The van der Waals surface area contributed by atoms with Crippen LogP contribution in [-0.4, -0.2) is 31.9 Å². The van der Waals surface area contributed by atoms with Crippen molar-refractivity contribution in [1.29, 1.82) is 0 Å². The van der Waals surface area contributed by atoms with Crippen LogP contribution in [0.4, 0.5) is 5.69 Å². The number of benzene rings is 1. The van der Waals surface area contributed by atoms with Crippen LogP contribution in [0.15, 0.2) is 24.3 Å². The Morgan fingerprint density at radius 1 is 1.30 bits per heavy atom. The number of fused-ring (bicyclic) bond motifs is 1. The molecule has 0 bridgehead atoms. The summed E-state index contributed by atoms with van der Waals surface area (Å²) in [5.41, 5.74) is 3.57. The lowest BCUT2D eigenvalue weighted by atomic mass is 10.0. The lowest BCUT2D eigenvalue weighted by molar-refractivity contribution is -0.00000497. The second-order valence-corrected chi connectivity index (χ2v) is 5.31. The fraction of sp³-hybridized carbons (Fsp3) is 0.467. The fourth-order valence-electron chi connectivity index (χ4n) is 2.29. The lowest BCUT2D eigenvalue weighted by Crippen LogP contribution is -3.00. The smallest absolute Gasteiger partial charge is 0.0475 e. The molecule has 0 aliphatic carbocycles. The fourth-order valence-corrected chi connectivity index (χ4v) is 2.46. The lowest BCUT2D eigenvalue weighted by Gasteiger charge is -2.28. The van der Waals surface area contributed by atoms with Crippen LogP contribution in [0, 0.1) is 0 Å². The molecule has 3 nitrogen and oxygen atoms in total. The standard InChI is InChI=1S/C15H21ClN2O.HI/c1-18-9-7-14(17-8-3-2-4-10-19)13-6-5-12(16)11-15(13)18;/h5-7,11,17,19H,2-4,8-10H2,1H3;1H/p-1. The van der Waals surface area contributed by atoms with Crippen LogP contribution in [0.2, 0.25) is 5.02 Å². The number of nitrogens with zero attached hydrogens (tertiary/aromatic N) is 1. The maximum atomic E-state index is 8.75. The van der Waals surface area contributed by atoms with E-state index in [0.29, 0.717) is 0 Å². The molecule has 0 fully saturated rings. The highest BCUT2D eigenvalue weighted by atomic mass is 127. The van der Waals surface area contributed by atoms with Crippen LogP contribution in [0.5, 0.6) is 0 Å². The Balaban J connectivity index is 0.00000200. The van der Waals surface area contributed by atoms with Gasteiger partial charge in [-0.1, -0.05) is 11.6 Å². The zero-order valence-electron chi connectivity index (χ0n) is 11.7. The minimum absolute atomic E-state index is 0. The highest BCUT2D eigenvalue weighted by molar-refractivity contribution is 6.31. The van der Waals surface area contributed by atoms with Crippen LogP contribution in [0.25, 0.3) is 5.70 Å². The van der Waals surface area contributed by atoms with E-state index >= 15 is 0 Å². The van der Waals surface area contributed by atoms with E-state index < -0.39 is 0 Å². The number of hydrogen-bond donors (Lipinski definition) is 2. The first kappa shape index (κ1) is 17.6. The first-order valence-electron chi connectivity index (χ1n) is 6.78. The van der Waals surface area contributed by atoms with Crippen LogP contribution in [-0.2, 0) is 0 Å². The van der Waals surface area contributed by atoms with Gasteiger partial charge in [0, 0.05) is 48.7 Å². The van der Waals surface area contributed by atoms with E-state index in [-0.39, 0.29) is 30.6 Å². The van der Waals surface area contributed by atoms with Crippen molar-refractivity contribution < 1.29 is 29.1 Å². The van der Waals surface area contributed by atoms with Crippen LogP contribution >= 0.6 is 11.6 Å². The van der Waals surface area contributed by atoms with Crippen LogP contribution < -0.4 is 34.2 Å². The average molecular weight is 408 g/mol. The Morgan fingerprint density at radius 2 is 2.10 bits per heavy atom. The zero-order chi connectivity index (χ0) is 13.7. The van der Waals surface area contributed by atoms with Gasteiger partial charge in [0.1, 0.15) is 0 Å². The van der Waals surface area contributed by atoms with E-state index in [0.717, 1.165) is 37.4 Å². The monoisotopic (exact) mass is 407 g/mol. The molecule has 1 aliphatic heterocycles. The first-order valence-corrected chi connectivity index (χ1v) is 7.16. The molecule has 0 saturated heterocycles. The SMILES string of the molecule is CN1CC=C(NCCCCCO)c2ccc(Cl)cc21.[I-]. The Bertz CT molecular complexity index is 465. The van der Waals surface area contributed by atoms with Crippen molar-refractivity contribution in [2.45, 2.75) is 19.3 Å². The maximum absolute atomic E-state index is 8.75. The quantitative estimate of drug-likeness (QED) is 0.510. The summed E-state index contributed by atoms with van der Waals surface area (Å²) >= 11 is 6.06. The van der Waals surface area contributed by atoms with Crippen molar-refractivity contribution in [1.82, 2.24) is 5.32 Å². The van der Waals surface area contributed by atoms with Crippen LogP contribution in [0.3, 0.4) is 0 Å². The Morgan fingerprint density at radius 3 is 2.85 bits per heavy atom. The largest absolute Gasteiger partial charge is 1.00 e. The number of halogens is 2. The molecule has 0 amide bonds. The molecule has 5 heteroatoms. The normalized spacial score (nSPS) is 13.3. The molecule has 112 valence electrons. The summed E-state index contributed by atoms with van der Waals surface area (Å²) in [6.07, 6.45) is 5.23. The molecule has 0 unspecified atom stereocenters. The van der Waals surface area contributed by atoms with Crippen molar-refractivity contribution in [2.75, 3.05) is 31.6 Å². The van der Waals surface area contributed by atoms with Gasteiger partial charge in [-0.05, 0) is 43.5 Å². The average Bonchev–Trinajstić information content (AvgIpc) is 2.41. The summed E-state index contributed by atoms with van der Waals surface area (Å²) in [5.74, 6) is 0. The number of nitrogens with one attached hydrogen (secondary N) is 1. The third-order valence-corrected chi connectivity index (χ3v) is 3.62. The van der Waals surface area contributed by atoms with Crippen LogP contribution in [0.1, 0.15) is 24.8 Å². The number of rotatable bonds is 6. The predicted molar refractivity (Wildman–Crippen MR) is 81.6 cm³/mol. The second kappa shape index (κ2) is 8.74. The Labute approximate surface area is 143 Å². The summed E-state index contributed by atoms with van der Waals surface area (Å²) in [6.45, 7) is 2.12. The summed E-state index contributed by atoms with van der Waals surface area (Å²) in [4.78, 5) is 2.19. The van der Waals surface area contributed by atoms with Gasteiger partial charge in [0.25, 0.3) is 0 Å². The molecule has 0 saturated carbocycles. The van der Waals surface area contributed by atoms with E-state index in [1.165, 1.54) is 16.9 Å². The minimum Gasteiger partial charge on any atom is -1.00 e. The molecule has 1 aromatic carbocycles. The molecule has 0 radical (unpaired) electrons. The van der Waals surface area contributed by atoms with E-state index in [1.54, 1.807) is 0 Å². The van der Waals surface area contributed by atoms with Gasteiger partial charge in [0.05, 0.1) is 0 Å². The van der Waals surface area contributed by atoms with E-state index in [1.807, 2.05) is 12.1 Å². The highest BCUT2D eigenvalue weighted by Gasteiger charge is 2.15. The minimum atomic E-state index is 0. The summed E-state index contributed by atoms with van der Waals surface area (Å²) < 4.78 is 0. The summed E-state index contributed by atoms with van der Waals surface area (Å²) in [6, 6.07) is 6.01. The molecule has 20 heavy (non-hydrogen) atoms. The van der Waals surface area contributed by atoms with Crippen molar-refractivity contribution in [3.05, 3.63) is 34.9 Å². The predicted octanol–water partition coefficient (Wildman–Crippen LogP) is -0.113. The Kier molecular flexibility index (Phi) is 7.69. The third kappa shape index (κ3) is 4.53. The van der Waals surface area contributed by atoms with Gasteiger partial charge in [-0.25, -0.2) is 0 Å². The van der Waals surface area contributed by atoms with E-state index in [9.17, 15) is 0 Å². The van der Waals surface area contributed by atoms with Gasteiger partial charge in [-0.2, -0.15) is 0 Å². The van der Waals surface area contributed by atoms with Crippen molar-refractivity contribution >= 4 is 23.0 Å². The number of aliphatic hydroxyl groups is 1. The number of anilines is 1. The van der Waals surface area contributed by atoms with E-state index in [2.05, 4.69) is 29.4 Å². The maximum Gasteiger partial charge on any atom is 0.0475 e.